The summed E-state index contributed by atoms with van der Waals surface area (Å²) in [6, 6.07) is 0. The second-order valence-electron chi connectivity index (χ2n) is 5.74. The normalized spacial score (nSPS) is 29.3. The topological polar surface area (TPSA) is 82.8 Å². The third-order valence-electron chi connectivity index (χ3n) is 4.83. The van der Waals surface area contributed by atoms with Gasteiger partial charge in [0.15, 0.2) is 0 Å². The molecule has 0 bridgehead atoms. The van der Waals surface area contributed by atoms with Crippen molar-refractivity contribution in [2.75, 3.05) is 13.1 Å². The van der Waals surface area contributed by atoms with E-state index in [1.54, 1.807) is 0 Å². The molecule has 1 aromatic rings. The van der Waals surface area contributed by atoms with Gasteiger partial charge in [0.1, 0.15) is 0 Å². The van der Waals surface area contributed by atoms with Crippen molar-refractivity contribution in [2.45, 2.75) is 38.6 Å². The summed E-state index contributed by atoms with van der Waals surface area (Å²) in [5.74, 6) is 0. The van der Waals surface area contributed by atoms with Crippen LogP contribution in [0, 0.1) is 10.8 Å². The van der Waals surface area contributed by atoms with E-state index >= 15 is 0 Å². The zero-order valence-electron chi connectivity index (χ0n) is 10.2. The zero-order valence-corrected chi connectivity index (χ0v) is 10.2. The Morgan fingerprint density at radius 2 is 2.18 bits per heavy atom. The Bertz CT molecular complexity index is 409. The fourth-order valence-corrected chi connectivity index (χ4v) is 3.48. The van der Waals surface area contributed by atoms with Gasteiger partial charge < -0.3 is 11.5 Å². The molecule has 5 heteroatoms. The average Bonchev–Trinajstić information content (AvgIpc) is 2.77. The lowest BCUT2D eigenvalue weighted by molar-refractivity contribution is 0.183. The molecule has 2 aliphatic rings. The Morgan fingerprint density at radius 3 is 2.71 bits per heavy atom. The first-order chi connectivity index (χ1) is 8.24. The quantitative estimate of drug-likeness (QED) is 0.769. The molecule has 1 atom stereocenters. The van der Waals surface area contributed by atoms with Crippen molar-refractivity contribution in [3.05, 3.63) is 11.9 Å². The van der Waals surface area contributed by atoms with Crippen LogP contribution in [0.25, 0.3) is 0 Å². The fourth-order valence-electron chi connectivity index (χ4n) is 3.48. The SMILES string of the molecule is NCCc1cn(CC2(CN)CC23CCC3)nn1. The molecule has 1 unspecified atom stereocenters. The van der Waals surface area contributed by atoms with Gasteiger partial charge in [-0.25, -0.2) is 0 Å². The predicted molar refractivity (Wildman–Crippen MR) is 65.2 cm³/mol. The highest BCUT2D eigenvalue weighted by Gasteiger charge is 2.68. The van der Waals surface area contributed by atoms with E-state index in [0.717, 1.165) is 25.2 Å². The lowest BCUT2D eigenvalue weighted by atomic mass is 9.75. The molecule has 0 aliphatic heterocycles. The molecule has 2 aliphatic carbocycles. The third-order valence-corrected chi connectivity index (χ3v) is 4.83. The van der Waals surface area contributed by atoms with Gasteiger partial charge in [-0.2, -0.15) is 0 Å². The summed E-state index contributed by atoms with van der Waals surface area (Å²) < 4.78 is 1.96. The minimum absolute atomic E-state index is 0.304. The molecule has 0 aromatic carbocycles. The summed E-state index contributed by atoms with van der Waals surface area (Å²) >= 11 is 0. The Hall–Kier alpha value is -0.940. The summed E-state index contributed by atoms with van der Waals surface area (Å²) in [7, 11) is 0. The first kappa shape index (κ1) is 11.2. The van der Waals surface area contributed by atoms with E-state index in [4.69, 9.17) is 11.5 Å². The second-order valence-corrected chi connectivity index (χ2v) is 5.74. The summed E-state index contributed by atoms with van der Waals surface area (Å²) in [5, 5.41) is 8.32. The van der Waals surface area contributed by atoms with Crippen LogP contribution >= 0.6 is 0 Å². The number of nitrogens with two attached hydrogens (primary N) is 2. The Balaban J connectivity index is 1.69. The average molecular weight is 235 g/mol. The highest BCUT2D eigenvalue weighted by atomic mass is 15.4. The van der Waals surface area contributed by atoms with Crippen LogP contribution < -0.4 is 11.5 Å². The fraction of sp³-hybridized carbons (Fsp3) is 0.833. The Labute approximate surface area is 102 Å². The molecule has 4 N–H and O–H groups in total. The molecule has 1 heterocycles. The first-order valence-electron chi connectivity index (χ1n) is 6.53. The number of rotatable bonds is 5. The van der Waals surface area contributed by atoms with Crippen LogP contribution in [0.2, 0.25) is 0 Å². The van der Waals surface area contributed by atoms with Crippen LogP contribution in [0.1, 0.15) is 31.4 Å². The van der Waals surface area contributed by atoms with Gasteiger partial charge in [-0.15, -0.1) is 5.10 Å². The van der Waals surface area contributed by atoms with Crippen LogP contribution in [0.3, 0.4) is 0 Å². The molecule has 0 radical (unpaired) electrons. The predicted octanol–water partition coefficient (Wildman–Crippen LogP) is 0.298. The number of hydrogen-bond acceptors (Lipinski definition) is 4. The number of hydrogen-bond donors (Lipinski definition) is 2. The van der Waals surface area contributed by atoms with Gasteiger partial charge in [0.2, 0.25) is 0 Å². The van der Waals surface area contributed by atoms with Crippen molar-refractivity contribution >= 4 is 0 Å². The third kappa shape index (κ3) is 1.60. The van der Waals surface area contributed by atoms with Crippen molar-refractivity contribution in [2.24, 2.45) is 22.3 Å². The highest BCUT2D eigenvalue weighted by molar-refractivity contribution is 5.18. The van der Waals surface area contributed by atoms with Gasteiger partial charge in [0, 0.05) is 24.6 Å². The first-order valence-corrected chi connectivity index (χ1v) is 6.53. The maximum Gasteiger partial charge on any atom is 0.0839 e. The summed E-state index contributed by atoms with van der Waals surface area (Å²) in [5.41, 5.74) is 13.3. The van der Waals surface area contributed by atoms with Gasteiger partial charge in [-0.05, 0) is 31.2 Å². The second kappa shape index (κ2) is 3.78. The van der Waals surface area contributed by atoms with E-state index in [9.17, 15) is 0 Å². The maximum absolute atomic E-state index is 5.99. The molecule has 2 fully saturated rings. The van der Waals surface area contributed by atoms with Crippen molar-refractivity contribution < 1.29 is 0 Å². The lowest BCUT2D eigenvalue weighted by Crippen LogP contribution is -2.32. The lowest BCUT2D eigenvalue weighted by Gasteiger charge is -2.32. The van der Waals surface area contributed by atoms with Crippen LogP contribution in [-0.4, -0.2) is 28.1 Å². The molecule has 94 valence electrons. The number of aromatic nitrogens is 3. The largest absolute Gasteiger partial charge is 0.330 e. The van der Waals surface area contributed by atoms with E-state index in [1.807, 2.05) is 10.9 Å². The van der Waals surface area contributed by atoms with E-state index in [2.05, 4.69) is 10.3 Å². The molecule has 1 aromatic heterocycles. The summed E-state index contributed by atoms with van der Waals surface area (Å²) in [6.45, 7) is 2.34. The molecule has 0 amide bonds. The Morgan fingerprint density at radius 1 is 1.35 bits per heavy atom. The molecule has 0 saturated heterocycles. The van der Waals surface area contributed by atoms with E-state index < -0.39 is 0 Å². The minimum Gasteiger partial charge on any atom is -0.330 e. The maximum atomic E-state index is 5.99. The van der Waals surface area contributed by atoms with E-state index in [1.165, 1.54) is 25.7 Å². The van der Waals surface area contributed by atoms with Crippen molar-refractivity contribution in [3.8, 4) is 0 Å². The zero-order chi connectivity index (χ0) is 11.9. The van der Waals surface area contributed by atoms with Crippen molar-refractivity contribution in [1.82, 2.24) is 15.0 Å². The van der Waals surface area contributed by atoms with Crippen LogP contribution in [0.5, 0.6) is 0 Å². The molecule has 1 spiro atoms. The standard InChI is InChI=1S/C12H21N5/c13-5-2-10-6-17(16-15-10)9-12(8-14)7-11(12)3-1-4-11/h6H,1-5,7-9,13-14H2. The molecule has 3 rings (SSSR count). The Kier molecular flexibility index (Phi) is 2.48. The van der Waals surface area contributed by atoms with Gasteiger partial charge >= 0.3 is 0 Å². The molecule has 2 saturated carbocycles. The van der Waals surface area contributed by atoms with Gasteiger partial charge in [-0.1, -0.05) is 11.6 Å². The molecular formula is C12H21N5. The van der Waals surface area contributed by atoms with Gasteiger partial charge in [0.05, 0.1) is 12.2 Å². The highest BCUT2D eigenvalue weighted by Crippen LogP contribution is 2.74. The molecular weight excluding hydrogens is 214 g/mol. The molecule has 5 nitrogen and oxygen atoms in total. The van der Waals surface area contributed by atoms with Crippen LogP contribution in [-0.2, 0) is 13.0 Å². The monoisotopic (exact) mass is 235 g/mol. The van der Waals surface area contributed by atoms with Crippen molar-refractivity contribution in [3.63, 3.8) is 0 Å². The summed E-state index contributed by atoms with van der Waals surface area (Å²) in [6.07, 6.45) is 8.19. The number of nitrogens with zero attached hydrogens (tertiary/aromatic N) is 3. The smallest absolute Gasteiger partial charge is 0.0839 e. The van der Waals surface area contributed by atoms with Gasteiger partial charge in [0.25, 0.3) is 0 Å². The summed E-state index contributed by atoms with van der Waals surface area (Å²) in [4.78, 5) is 0. The van der Waals surface area contributed by atoms with Crippen LogP contribution in [0.15, 0.2) is 6.20 Å². The van der Waals surface area contributed by atoms with Crippen molar-refractivity contribution in [1.29, 1.82) is 0 Å². The van der Waals surface area contributed by atoms with E-state index in [0.29, 0.717) is 17.4 Å². The van der Waals surface area contributed by atoms with E-state index in [-0.39, 0.29) is 0 Å². The minimum atomic E-state index is 0.304. The van der Waals surface area contributed by atoms with Gasteiger partial charge in [-0.3, -0.25) is 4.68 Å². The molecule has 17 heavy (non-hydrogen) atoms. The van der Waals surface area contributed by atoms with Crippen LogP contribution in [0.4, 0.5) is 0 Å².